The Kier molecular flexibility index (Phi) is 14.4. The lowest BCUT2D eigenvalue weighted by Crippen LogP contribution is -2.25. The summed E-state index contributed by atoms with van der Waals surface area (Å²) in [6, 6.07) is 0. The molecule has 4 heteroatoms. The third-order valence-electron chi connectivity index (χ3n) is 3.93. The molecule has 4 nitrogen and oxygen atoms in total. The summed E-state index contributed by atoms with van der Waals surface area (Å²) < 4.78 is 0. The highest BCUT2D eigenvalue weighted by atomic mass is 16.4. The van der Waals surface area contributed by atoms with Crippen LogP contribution in [-0.2, 0) is 4.79 Å². The normalized spacial score (nSPS) is 14.3. The fourth-order valence-corrected chi connectivity index (χ4v) is 2.50. The molecule has 0 heterocycles. The van der Waals surface area contributed by atoms with Crippen LogP contribution in [0.15, 0.2) is 12.2 Å². The van der Waals surface area contributed by atoms with E-state index in [0.717, 1.165) is 38.5 Å². The fraction of sp³-hybridized carbons (Fsp3) is 0.833. The largest absolute Gasteiger partial charge is 0.478 e. The molecule has 130 valence electrons. The molecule has 0 bridgehead atoms. The number of aliphatic hydroxyl groups excluding tert-OH is 2. The Hall–Kier alpha value is -0.870. The van der Waals surface area contributed by atoms with Gasteiger partial charge in [-0.2, -0.15) is 0 Å². The lowest BCUT2D eigenvalue weighted by Gasteiger charge is -2.17. The van der Waals surface area contributed by atoms with Crippen molar-refractivity contribution in [2.45, 2.75) is 96.2 Å². The maximum Gasteiger partial charge on any atom is 0.327 e. The van der Waals surface area contributed by atoms with E-state index >= 15 is 0 Å². The van der Waals surface area contributed by atoms with E-state index in [1.807, 2.05) is 0 Å². The number of aliphatic hydroxyl groups is 2. The molecule has 0 aliphatic heterocycles. The molecule has 2 atom stereocenters. The van der Waals surface area contributed by atoms with Crippen molar-refractivity contribution in [1.29, 1.82) is 0 Å². The number of aliphatic carboxylic acids is 1. The molecular weight excluding hydrogens is 280 g/mol. The molecule has 0 aliphatic carbocycles. The van der Waals surface area contributed by atoms with Crippen molar-refractivity contribution in [2.24, 2.45) is 0 Å². The van der Waals surface area contributed by atoms with Gasteiger partial charge in [0.05, 0.1) is 12.2 Å². The van der Waals surface area contributed by atoms with E-state index in [1.165, 1.54) is 31.8 Å². The molecule has 0 rings (SSSR count). The van der Waals surface area contributed by atoms with E-state index in [-0.39, 0.29) is 0 Å². The molecular formula is C18H34O4. The van der Waals surface area contributed by atoms with Gasteiger partial charge in [-0.1, -0.05) is 64.4 Å². The molecule has 2 unspecified atom stereocenters. The Bertz CT molecular complexity index is 289. The summed E-state index contributed by atoms with van der Waals surface area (Å²) >= 11 is 0. The highest BCUT2D eigenvalue weighted by Gasteiger charge is 2.14. The maximum absolute atomic E-state index is 10.3. The summed E-state index contributed by atoms with van der Waals surface area (Å²) in [5, 5.41) is 28.2. The van der Waals surface area contributed by atoms with Gasteiger partial charge in [-0.25, -0.2) is 4.79 Å². The van der Waals surface area contributed by atoms with Crippen LogP contribution in [0.25, 0.3) is 0 Å². The second-order valence-electron chi connectivity index (χ2n) is 6.07. The lowest BCUT2D eigenvalue weighted by atomic mass is 10.00. The lowest BCUT2D eigenvalue weighted by molar-refractivity contribution is -0.131. The molecule has 0 aromatic rings. The van der Waals surface area contributed by atoms with Crippen LogP contribution in [-0.4, -0.2) is 33.5 Å². The van der Waals surface area contributed by atoms with E-state index in [9.17, 15) is 15.0 Å². The minimum absolute atomic E-state index is 0.599. The summed E-state index contributed by atoms with van der Waals surface area (Å²) in [6.45, 7) is 2.20. The van der Waals surface area contributed by atoms with Gasteiger partial charge in [0, 0.05) is 6.08 Å². The van der Waals surface area contributed by atoms with E-state index in [2.05, 4.69) is 6.92 Å². The molecule has 3 N–H and O–H groups in total. The third kappa shape index (κ3) is 14.1. The number of hydrogen-bond donors (Lipinski definition) is 3. The molecule has 0 aromatic heterocycles. The zero-order chi connectivity index (χ0) is 16.6. The van der Waals surface area contributed by atoms with Crippen LogP contribution >= 0.6 is 0 Å². The monoisotopic (exact) mass is 314 g/mol. The van der Waals surface area contributed by atoms with Crippen molar-refractivity contribution < 1.29 is 20.1 Å². The number of unbranched alkanes of at least 4 members (excludes halogenated alkanes) is 8. The molecule has 0 aromatic carbocycles. The van der Waals surface area contributed by atoms with Crippen molar-refractivity contribution in [2.75, 3.05) is 0 Å². The highest BCUT2D eigenvalue weighted by molar-refractivity contribution is 5.79. The van der Waals surface area contributed by atoms with E-state index in [0.29, 0.717) is 12.8 Å². The number of rotatable bonds is 15. The molecule has 0 amide bonds. The first-order valence-electron chi connectivity index (χ1n) is 8.83. The summed E-state index contributed by atoms with van der Waals surface area (Å²) in [5.41, 5.74) is 0. The Balaban J connectivity index is 3.45. The molecule has 0 radical (unpaired) electrons. The average Bonchev–Trinajstić information content (AvgIpc) is 2.49. The summed E-state index contributed by atoms with van der Waals surface area (Å²) in [7, 11) is 0. The van der Waals surface area contributed by atoms with Crippen LogP contribution in [0.2, 0.25) is 0 Å². The predicted octanol–water partition coefficient (Wildman–Crippen LogP) is 4.05. The van der Waals surface area contributed by atoms with Gasteiger partial charge in [-0.05, 0) is 25.7 Å². The number of carboxylic acids is 1. The Morgan fingerprint density at radius 1 is 0.864 bits per heavy atom. The number of hydrogen-bond acceptors (Lipinski definition) is 3. The Morgan fingerprint density at radius 3 is 1.91 bits per heavy atom. The second kappa shape index (κ2) is 15.0. The van der Waals surface area contributed by atoms with Gasteiger partial charge in [-0.3, -0.25) is 0 Å². The first-order valence-corrected chi connectivity index (χ1v) is 8.83. The molecule has 0 saturated carbocycles. The minimum atomic E-state index is -0.909. The van der Waals surface area contributed by atoms with Crippen molar-refractivity contribution >= 4 is 5.97 Å². The molecule has 0 fully saturated rings. The van der Waals surface area contributed by atoms with Crippen molar-refractivity contribution in [3.05, 3.63) is 12.2 Å². The molecule has 0 spiro atoms. The van der Waals surface area contributed by atoms with Gasteiger partial charge < -0.3 is 15.3 Å². The fourth-order valence-electron chi connectivity index (χ4n) is 2.50. The van der Waals surface area contributed by atoms with Gasteiger partial charge in [0.25, 0.3) is 0 Å². The Morgan fingerprint density at radius 2 is 1.36 bits per heavy atom. The number of allylic oxidation sites excluding steroid dienone is 1. The molecule has 22 heavy (non-hydrogen) atoms. The average molecular weight is 314 g/mol. The quantitative estimate of drug-likeness (QED) is 0.315. The van der Waals surface area contributed by atoms with Crippen LogP contribution < -0.4 is 0 Å². The zero-order valence-corrected chi connectivity index (χ0v) is 14.0. The van der Waals surface area contributed by atoms with E-state index in [1.54, 1.807) is 6.08 Å². The highest BCUT2D eigenvalue weighted by Crippen LogP contribution is 2.14. The SMILES string of the molecule is CCCCCCCCC(O)C(O)CCCCCC=CC(=O)O. The second-order valence-corrected chi connectivity index (χ2v) is 6.07. The summed E-state index contributed by atoms with van der Waals surface area (Å²) in [6.07, 6.45) is 13.6. The third-order valence-corrected chi connectivity index (χ3v) is 3.93. The zero-order valence-electron chi connectivity index (χ0n) is 14.0. The smallest absolute Gasteiger partial charge is 0.327 e. The maximum atomic E-state index is 10.3. The van der Waals surface area contributed by atoms with Crippen molar-refractivity contribution in [3.8, 4) is 0 Å². The first-order chi connectivity index (χ1) is 10.6. The predicted molar refractivity (Wildman–Crippen MR) is 89.9 cm³/mol. The van der Waals surface area contributed by atoms with Gasteiger partial charge in [0.15, 0.2) is 0 Å². The van der Waals surface area contributed by atoms with E-state index in [4.69, 9.17) is 5.11 Å². The number of carboxylic acid groups (broad SMARTS) is 1. The van der Waals surface area contributed by atoms with Crippen LogP contribution in [0.4, 0.5) is 0 Å². The van der Waals surface area contributed by atoms with E-state index < -0.39 is 18.2 Å². The number of carbonyl (C=O) groups is 1. The molecule has 0 aliphatic rings. The summed E-state index contributed by atoms with van der Waals surface area (Å²) in [4.78, 5) is 10.3. The van der Waals surface area contributed by atoms with Gasteiger partial charge in [0.2, 0.25) is 0 Å². The van der Waals surface area contributed by atoms with Crippen LogP contribution in [0.1, 0.15) is 84.0 Å². The van der Waals surface area contributed by atoms with Crippen molar-refractivity contribution in [3.63, 3.8) is 0 Å². The topological polar surface area (TPSA) is 77.8 Å². The van der Waals surface area contributed by atoms with Gasteiger partial charge in [0.1, 0.15) is 0 Å². The van der Waals surface area contributed by atoms with Crippen LogP contribution in [0.3, 0.4) is 0 Å². The van der Waals surface area contributed by atoms with Crippen LogP contribution in [0, 0.1) is 0 Å². The summed E-state index contributed by atoms with van der Waals surface area (Å²) in [5.74, 6) is -0.909. The van der Waals surface area contributed by atoms with Crippen LogP contribution in [0.5, 0.6) is 0 Å². The Labute approximate surface area is 135 Å². The van der Waals surface area contributed by atoms with Gasteiger partial charge in [-0.15, -0.1) is 0 Å². The molecule has 0 saturated heterocycles. The van der Waals surface area contributed by atoms with Crippen molar-refractivity contribution in [1.82, 2.24) is 0 Å². The standard InChI is InChI=1S/C18H34O4/c1-2-3-4-5-7-10-13-16(19)17(20)14-11-8-6-9-12-15-18(21)22/h12,15-17,19-20H,2-11,13-14H2,1H3,(H,21,22). The van der Waals surface area contributed by atoms with Gasteiger partial charge >= 0.3 is 5.97 Å². The first kappa shape index (κ1) is 21.1. The minimum Gasteiger partial charge on any atom is -0.478 e.